The largest absolute Gasteiger partial charge is 0.444 e. The van der Waals surface area contributed by atoms with Gasteiger partial charge in [0, 0.05) is 31.2 Å². The molecule has 2 aliphatic rings. The highest BCUT2D eigenvalue weighted by Gasteiger charge is 2.36. The maximum absolute atomic E-state index is 12.4. The van der Waals surface area contributed by atoms with Crippen LogP contribution in [0.25, 0.3) is 0 Å². The zero-order chi connectivity index (χ0) is 20.5. The molecule has 1 saturated carbocycles. The van der Waals surface area contributed by atoms with Gasteiger partial charge in [-0.2, -0.15) is 0 Å². The number of likely N-dealkylation sites (N-methyl/N-ethyl adjacent to an activating group) is 1. The molecule has 156 valence electrons. The Morgan fingerprint density at radius 3 is 2.36 bits per heavy atom. The van der Waals surface area contributed by atoms with Crippen LogP contribution in [0.2, 0.25) is 0 Å². The van der Waals surface area contributed by atoms with E-state index in [1.54, 1.807) is 0 Å². The van der Waals surface area contributed by atoms with E-state index in [1.807, 2.05) is 32.6 Å². The van der Waals surface area contributed by atoms with Crippen LogP contribution in [0, 0.1) is 5.92 Å². The van der Waals surface area contributed by atoms with Crippen molar-refractivity contribution in [2.75, 3.05) is 20.1 Å². The molecule has 0 spiro atoms. The quantitative estimate of drug-likeness (QED) is 0.781. The SMILES string of the molecule is C[C@H](N)c1ccc(C(CC2CC2)N(C)[C@H]2CCN(C(=O)OC(C)(C)C)C2)cc1. The van der Waals surface area contributed by atoms with Gasteiger partial charge in [0.15, 0.2) is 0 Å². The molecule has 0 aromatic heterocycles. The number of hydrogen-bond donors (Lipinski definition) is 1. The van der Waals surface area contributed by atoms with Crippen molar-refractivity contribution < 1.29 is 9.53 Å². The Morgan fingerprint density at radius 2 is 1.82 bits per heavy atom. The van der Waals surface area contributed by atoms with Gasteiger partial charge < -0.3 is 15.4 Å². The summed E-state index contributed by atoms with van der Waals surface area (Å²) in [6.45, 7) is 9.28. The second-order valence-corrected chi connectivity index (χ2v) is 9.68. The number of benzene rings is 1. The van der Waals surface area contributed by atoms with Crippen LogP contribution >= 0.6 is 0 Å². The molecule has 1 heterocycles. The lowest BCUT2D eigenvalue weighted by Crippen LogP contribution is -2.40. The first-order valence-electron chi connectivity index (χ1n) is 10.7. The number of amides is 1. The van der Waals surface area contributed by atoms with Gasteiger partial charge in [0.2, 0.25) is 0 Å². The Hall–Kier alpha value is -1.59. The highest BCUT2D eigenvalue weighted by molar-refractivity contribution is 5.68. The van der Waals surface area contributed by atoms with E-state index in [4.69, 9.17) is 10.5 Å². The standard InChI is InChI=1S/C23H37N3O2/c1-16(24)18-8-10-19(11-9-18)21(14-17-6-7-17)25(5)20-12-13-26(15-20)22(27)28-23(2,3)4/h8-11,16-17,20-21H,6-7,12-15,24H2,1-5H3/t16-,20-,21?/m0/s1. The molecule has 1 unspecified atom stereocenters. The number of rotatable bonds is 6. The minimum Gasteiger partial charge on any atom is -0.444 e. The minimum atomic E-state index is -0.447. The average molecular weight is 388 g/mol. The second kappa shape index (κ2) is 8.42. The molecular formula is C23H37N3O2. The highest BCUT2D eigenvalue weighted by Crippen LogP contribution is 2.41. The first-order valence-corrected chi connectivity index (χ1v) is 10.7. The fourth-order valence-electron chi connectivity index (χ4n) is 4.05. The first kappa shape index (κ1) is 21.1. The van der Waals surface area contributed by atoms with E-state index >= 15 is 0 Å². The van der Waals surface area contributed by atoms with Crippen LogP contribution in [0.3, 0.4) is 0 Å². The zero-order valence-corrected chi connectivity index (χ0v) is 18.1. The van der Waals surface area contributed by atoms with Crippen LogP contribution in [0.4, 0.5) is 4.79 Å². The van der Waals surface area contributed by atoms with Crippen molar-refractivity contribution in [1.82, 2.24) is 9.80 Å². The fourth-order valence-corrected chi connectivity index (χ4v) is 4.05. The summed E-state index contributed by atoms with van der Waals surface area (Å²) in [6, 6.07) is 9.62. The summed E-state index contributed by atoms with van der Waals surface area (Å²) in [5.41, 5.74) is 8.10. The molecule has 1 aromatic carbocycles. The van der Waals surface area contributed by atoms with E-state index in [0.29, 0.717) is 12.1 Å². The first-order chi connectivity index (χ1) is 13.1. The summed E-state index contributed by atoms with van der Waals surface area (Å²) >= 11 is 0. The van der Waals surface area contributed by atoms with E-state index in [-0.39, 0.29) is 12.1 Å². The van der Waals surface area contributed by atoms with Crippen LogP contribution in [-0.2, 0) is 4.74 Å². The number of nitrogens with zero attached hydrogens (tertiary/aromatic N) is 2. The van der Waals surface area contributed by atoms with Crippen molar-refractivity contribution in [3.05, 3.63) is 35.4 Å². The minimum absolute atomic E-state index is 0.0610. The maximum atomic E-state index is 12.4. The van der Waals surface area contributed by atoms with Gasteiger partial charge in [0.25, 0.3) is 0 Å². The number of carbonyl (C=O) groups excluding carboxylic acids is 1. The average Bonchev–Trinajstić information content (AvgIpc) is 3.30. The van der Waals surface area contributed by atoms with Gasteiger partial charge in [-0.15, -0.1) is 0 Å². The van der Waals surface area contributed by atoms with Gasteiger partial charge in [0.1, 0.15) is 5.60 Å². The number of ether oxygens (including phenoxy) is 1. The van der Waals surface area contributed by atoms with Crippen molar-refractivity contribution in [1.29, 1.82) is 0 Å². The number of carbonyl (C=O) groups is 1. The molecule has 28 heavy (non-hydrogen) atoms. The summed E-state index contributed by atoms with van der Waals surface area (Å²) in [4.78, 5) is 16.8. The molecule has 3 atom stereocenters. The van der Waals surface area contributed by atoms with Gasteiger partial charge in [0.05, 0.1) is 0 Å². The summed E-state index contributed by atoms with van der Waals surface area (Å²) in [5.74, 6) is 0.837. The fraction of sp³-hybridized carbons (Fsp3) is 0.696. The van der Waals surface area contributed by atoms with Crippen molar-refractivity contribution in [3.63, 3.8) is 0 Å². The number of likely N-dealkylation sites (tertiary alicyclic amines) is 1. The van der Waals surface area contributed by atoms with Crippen molar-refractivity contribution in [3.8, 4) is 0 Å². The van der Waals surface area contributed by atoms with E-state index in [9.17, 15) is 4.79 Å². The second-order valence-electron chi connectivity index (χ2n) is 9.68. The van der Waals surface area contributed by atoms with Gasteiger partial charge in [-0.25, -0.2) is 4.79 Å². The Labute approximate surface area is 170 Å². The van der Waals surface area contributed by atoms with Crippen LogP contribution in [0.5, 0.6) is 0 Å². The van der Waals surface area contributed by atoms with Crippen LogP contribution in [0.15, 0.2) is 24.3 Å². The molecule has 5 nitrogen and oxygen atoms in total. The number of nitrogens with two attached hydrogens (primary N) is 1. The molecule has 0 radical (unpaired) electrons. The third-order valence-electron chi connectivity index (χ3n) is 5.98. The van der Waals surface area contributed by atoms with Crippen molar-refractivity contribution >= 4 is 6.09 Å². The number of hydrogen-bond acceptors (Lipinski definition) is 4. The highest BCUT2D eigenvalue weighted by atomic mass is 16.6. The van der Waals surface area contributed by atoms with Crippen LogP contribution in [-0.4, -0.2) is 47.7 Å². The smallest absolute Gasteiger partial charge is 0.410 e. The summed E-state index contributed by atoms with van der Waals surface area (Å²) < 4.78 is 5.56. The molecule has 0 bridgehead atoms. The van der Waals surface area contributed by atoms with E-state index < -0.39 is 5.60 Å². The summed E-state index contributed by atoms with van der Waals surface area (Å²) in [6.07, 6.45) is 4.68. The Bertz CT molecular complexity index is 661. The maximum Gasteiger partial charge on any atom is 0.410 e. The summed E-state index contributed by atoms with van der Waals surface area (Å²) in [7, 11) is 2.22. The molecular weight excluding hydrogens is 350 g/mol. The predicted octanol–water partition coefficient (Wildman–Crippen LogP) is 4.49. The summed E-state index contributed by atoms with van der Waals surface area (Å²) in [5, 5.41) is 0. The molecule has 1 aliphatic carbocycles. The molecule has 2 N–H and O–H groups in total. The van der Waals surface area contributed by atoms with Crippen molar-refractivity contribution in [2.45, 2.75) is 77.1 Å². The Balaban J connectivity index is 1.68. The van der Waals surface area contributed by atoms with Gasteiger partial charge >= 0.3 is 6.09 Å². The lowest BCUT2D eigenvalue weighted by atomic mass is 9.96. The molecule has 1 aromatic rings. The Kier molecular flexibility index (Phi) is 6.35. The predicted molar refractivity (Wildman–Crippen MR) is 113 cm³/mol. The lowest BCUT2D eigenvalue weighted by molar-refractivity contribution is 0.0276. The van der Waals surface area contributed by atoms with Crippen LogP contribution < -0.4 is 5.73 Å². The molecule has 1 aliphatic heterocycles. The molecule has 5 heteroatoms. The normalized spacial score (nSPS) is 22.4. The monoisotopic (exact) mass is 387 g/mol. The van der Waals surface area contributed by atoms with E-state index in [1.165, 1.54) is 30.4 Å². The van der Waals surface area contributed by atoms with Gasteiger partial charge in [-0.1, -0.05) is 37.1 Å². The van der Waals surface area contributed by atoms with Crippen molar-refractivity contribution in [2.24, 2.45) is 11.7 Å². The topological polar surface area (TPSA) is 58.8 Å². The Morgan fingerprint density at radius 1 is 1.21 bits per heavy atom. The van der Waals surface area contributed by atoms with Crippen LogP contribution in [0.1, 0.15) is 76.6 Å². The molecule has 3 rings (SSSR count). The van der Waals surface area contributed by atoms with Gasteiger partial charge in [-0.3, -0.25) is 4.90 Å². The molecule has 1 saturated heterocycles. The van der Waals surface area contributed by atoms with Gasteiger partial charge in [-0.05, 0) is 64.6 Å². The third-order valence-corrected chi connectivity index (χ3v) is 5.98. The zero-order valence-electron chi connectivity index (χ0n) is 18.1. The lowest BCUT2D eigenvalue weighted by Gasteiger charge is -2.34. The van der Waals surface area contributed by atoms with E-state index in [0.717, 1.165) is 25.4 Å². The third kappa shape index (κ3) is 5.48. The van der Waals surface area contributed by atoms with E-state index in [2.05, 4.69) is 36.2 Å². The molecule has 2 fully saturated rings. The molecule has 1 amide bonds.